The van der Waals surface area contributed by atoms with Crippen molar-refractivity contribution in [2.24, 2.45) is 7.05 Å². The number of fused-ring (bicyclic) bond motifs is 5. The number of imidazole rings is 1. The Bertz CT molecular complexity index is 1670. The van der Waals surface area contributed by atoms with Gasteiger partial charge in [-0.2, -0.15) is 0 Å². The first-order valence-corrected chi connectivity index (χ1v) is 12.5. The molecule has 188 valence electrons. The topological polar surface area (TPSA) is 109 Å². The maximum Gasteiger partial charge on any atom is 0.259 e. The molecular weight excluding hydrogens is 468 g/mol. The van der Waals surface area contributed by atoms with Crippen molar-refractivity contribution >= 4 is 39.4 Å². The van der Waals surface area contributed by atoms with E-state index in [-0.39, 0.29) is 16.9 Å². The smallest absolute Gasteiger partial charge is 0.259 e. The molecule has 1 aliphatic rings. The number of nitrogens with one attached hydrogen (secondary N) is 2. The van der Waals surface area contributed by atoms with Crippen LogP contribution < -0.4 is 16.1 Å². The van der Waals surface area contributed by atoms with E-state index in [9.17, 15) is 9.59 Å². The Morgan fingerprint density at radius 3 is 2.65 bits per heavy atom. The summed E-state index contributed by atoms with van der Waals surface area (Å²) in [6.45, 7) is 3.83. The van der Waals surface area contributed by atoms with Gasteiger partial charge in [0.25, 0.3) is 5.91 Å². The lowest BCUT2D eigenvalue weighted by Gasteiger charge is -2.15. The molecule has 0 spiro atoms. The van der Waals surface area contributed by atoms with E-state index < -0.39 is 0 Å². The average Bonchev–Trinajstić information content (AvgIpc) is 3.55. The molecule has 1 aliphatic heterocycles. The second-order valence-corrected chi connectivity index (χ2v) is 9.33. The number of amides is 1. The summed E-state index contributed by atoms with van der Waals surface area (Å²) in [7, 11) is 1.88. The third kappa shape index (κ3) is 4.19. The summed E-state index contributed by atoms with van der Waals surface area (Å²) in [6, 6.07) is 11.3. The van der Waals surface area contributed by atoms with Crippen molar-refractivity contribution in [3.05, 3.63) is 76.5 Å². The highest BCUT2D eigenvalue weighted by molar-refractivity contribution is 6.05. The van der Waals surface area contributed by atoms with Gasteiger partial charge >= 0.3 is 0 Å². The Balaban J connectivity index is 1.45. The quantitative estimate of drug-likeness (QED) is 0.356. The van der Waals surface area contributed by atoms with Crippen molar-refractivity contribution < 1.29 is 4.79 Å². The van der Waals surface area contributed by atoms with Gasteiger partial charge in [0.05, 0.1) is 34.9 Å². The van der Waals surface area contributed by atoms with E-state index >= 15 is 0 Å². The highest BCUT2D eigenvalue weighted by atomic mass is 16.2. The van der Waals surface area contributed by atoms with Crippen LogP contribution in [0.4, 0.5) is 5.82 Å². The summed E-state index contributed by atoms with van der Waals surface area (Å²) in [5, 5.41) is 6.65. The van der Waals surface area contributed by atoms with Gasteiger partial charge < -0.3 is 20.1 Å². The van der Waals surface area contributed by atoms with Gasteiger partial charge in [0.15, 0.2) is 5.65 Å². The standard InChI is InChI=1S/C27H28N8O2/c1-33-20-6-2-3-7-21(20)35-25-19(8-9-22(32-25)31-17-18-16-28-10-11-29-18)24(36)23(27(33)35)26(37)30-12-15-34-13-4-5-14-34/h2-3,6-11,16H,4-5,12-15,17H2,1H3,(H,30,37)(H,31,32). The number of hydrogen-bond acceptors (Lipinski definition) is 7. The molecule has 10 nitrogen and oxygen atoms in total. The van der Waals surface area contributed by atoms with E-state index in [1.54, 1.807) is 30.7 Å². The minimum atomic E-state index is -0.362. The zero-order valence-electron chi connectivity index (χ0n) is 20.6. The van der Waals surface area contributed by atoms with Crippen LogP contribution in [0.2, 0.25) is 0 Å². The molecule has 1 amide bonds. The Morgan fingerprint density at radius 2 is 1.86 bits per heavy atom. The lowest BCUT2D eigenvalue weighted by molar-refractivity contribution is 0.0950. The minimum absolute atomic E-state index is 0.134. The zero-order valence-corrected chi connectivity index (χ0v) is 20.6. The van der Waals surface area contributed by atoms with E-state index in [1.165, 1.54) is 12.8 Å². The Morgan fingerprint density at radius 1 is 1.05 bits per heavy atom. The van der Waals surface area contributed by atoms with Gasteiger partial charge in [-0.15, -0.1) is 0 Å². The van der Waals surface area contributed by atoms with Crippen molar-refractivity contribution in [3.8, 4) is 0 Å². The number of carbonyl (C=O) groups is 1. The number of benzene rings is 1. The van der Waals surface area contributed by atoms with Gasteiger partial charge in [-0.1, -0.05) is 12.1 Å². The van der Waals surface area contributed by atoms with Crippen molar-refractivity contribution in [2.45, 2.75) is 19.4 Å². The summed E-state index contributed by atoms with van der Waals surface area (Å²) in [4.78, 5) is 42.7. The van der Waals surface area contributed by atoms with E-state index in [0.717, 1.165) is 36.4 Å². The van der Waals surface area contributed by atoms with Gasteiger partial charge in [0, 0.05) is 32.5 Å². The molecule has 0 saturated carbocycles. The van der Waals surface area contributed by atoms with Crippen LogP contribution in [0, 0.1) is 0 Å². The zero-order chi connectivity index (χ0) is 25.4. The van der Waals surface area contributed by atoms with Gasteiger partial charge in [-0.05, 0) is 50.2 Å². The lowest BCUT2D eigenvalue weighted by Crippen LogP contribution is -2.36. The largest absolute Gasteiger partial charge is 0.364 e. The number of pyridine rings is 2. The number of carbonyl (C=O) groups excluding carboxylic acids is 1. The first-order chi connectivity index (χ1) is 18.1. The summed E-state index contributed by atoms with van der Waals surface area (Å²) in [5.41, 5.74) is 3.38. The monoisotopic (exact) mass is 496 g/mol. The third-order valence-corrected chi connectivity index (χ3v) is 7.00. The predicted molar refractivity (Wildman–Crippen MR) is 143 cm³/mol. The fraction of sp³-hybridized carbons (Fsp3) is 0.296. The van der Waals surface area contributed by atoms with Crippen molar-refractivity contribution in [1.29, 1.82) is 0 Å². The molecule has 0 atom stereocenters. The molecule has 10 heteroatoms. The Kier molecular flexibility index (Phi) is 6.01. The SMILES string of the molecule is Cn1c2ccccc2n2c3nc(NCc4cnccn4)ccc3c(=O)c(C(=O)NCCN3CCCC3)c12. The Labute approximate surface area is 213 Å². The third-order valence-electron chi connectivity index (χ3n) is 7.00. The number of aryl methyl sites for hydroxylation is 1. The van der Waals surface area contributed by atoms with E-state index in [2.05, 4.69) is 25.5 Å². The molecule has 1 fully saturated rings. The van der Waals surface area contributed by atoms with E-state index in [4.69, 9.17) is 4.98 Å². The average molecular weight is 497 g/mol. The number of rotatable bonds is 7. The number of likely N-dealkylation sites (tertiary alicyclic amines) is 1. The van der Waals surface area contributed by atoms with E-state index in [0.29, 0.717) is 35.6 Å². The number of para-hydroxylation sites is 2. The van der Waals surface area contributed by atoms with E-state index in [1.807, 2.05) is 40.3 Å². The molecule has 1 saturated heterocycles. The molecule has 2 N–H and O–H groups in total. The van der Waals surface area contributed by atoms with Crippen LogP contribution in [0.15, 0.2) is 59.8 Å². The second kappa shape index (κ2) is 9.62. The minimum Gasteiger partial charge on any atom is -0.364 e. The molecule has 5 heterocycles. The van der Waals surface area contributed by atoms with Crippen LogP contribution in [0.3, 0.4) is 0 Å². The van der Waals surface area contributed by atoms with Crippen LogP contribution in [-0.4, -0.2) is 60.9 Å². The van der Waals surface area contributed by atoms with Crippen molar-refractivity contribution in [2.75, 3.05) is 31.5 Å². The van der Waals surface area contributed by atoms with Crippen LogP contribution in [0.25, 0.3) is 27.7 Å². The van der Waals surface area contributed by atoms with Crippen LogP contribution in [-0.2, 0) is 13.6 Å². The number of anilines is 1. The molecule has 0 bridgehead atoms. The normalized spacial score (nSPS) is 14.1. The maximum absolute atomic E-state index is 13.7. The van der Waals surface area contributed by atoms with Gasteiger partial charge in [-0.25, -0.2) is 4.98 Å². The molecule has 5 aromatic rings. The molecule has 0 aliphatic carbocycles. The van der Waals surface area contributed by atoms with Gasteiger partial charge in [0.2, 0.25) is 5.43 Å². The van der Waals surface area contributed by atoms with Crippen LogP contribution in [0.1, 0.15) is 28.9 Å². The molecular formula is C27H28N8O2. The summed E-state index contributed by atoms with van der Waals surface area (Å²) >= 11 is 0. The fourth-order valence-electron chi connectivity index (χ4n) is 5.17. The first-order valence-electron chi connectivity index (χ1n) is 12.5. The second-order valence-electron chi connectivity index (χ2n) is 9.33. The highest BCUT2D eigenvalue weighted by Crippen LogP contribution is 2.26. The van der Waals surface area contributed by atoms with Crippen molar-refractivity contribution in [3.63, 3.8) is 0 Å². The molecule has 1 aromatic carbocycles. The molecule has 0 radical (unpaired) electrons. The van der Waals surface area contributed by atoms with Crippen LogP contribution in [0.5, 0.6) is 0 Å². The number of nitrogens with zero attached hydrogens (tertiary/aromatic N) is 6. The summed E-state index contributed by atoms with van der Waals surface area (Å²) < 4.78 is 3.81. The predicted octanol–water partition coefficient (Wildman–Crippen LogP) is 2.57. The maximum atomic E-state index is 13.7. The van der Waals surface area contributed by atoms with Gasteiger partial charge in [0.1, 0.15) is 17.0 Å². The van der Waals surface area contributed by atoms with Gasteiger partial charge in [-0.3, -0.25) is 24.0 Å². The highest BCUT2D eigenvalue weighted by Gasteiger charge is 2.24. The molecule has 4 aromatic heterocycles. The lowest BCUT2D eigenvalue weighted by atomic mass is 10.1. The molecule has 6 rings (SSSR count). The number of hydrogen-bond donors (Lipinski definition) is 2. The summed E-state index contributed by atoms with van der Waals surface area (Å²) in [5.74, 6) is 0.237. The number of aromatic nitrogens is 5. The Hall–Kier alpha value is -4.31. The van der Waals surface area contributed by atoms with Crippen LogP contribution >= 0.6 is 0 Å². The molecule has 37 heavy (non-hydrogen) atoms. The first kappa shape index (κ1) is 23.1. The van der Waals surface area contributed by atoms with Crippen molar-refractivity contribution in [1.82, 2.24) is 34.1 Å². The fourth-order valence-corrected chi connectivity index (χ4v) is 5.17. The summed E-state index contributed by atoms with van der Waals surface area (Å²) in [6.07, 6.45) is 7.34. The molecule has 0 unspecified atom stereocenters.